The van der Waals surface area contributed by atoms with Crippen molar-refractivity contribution in [3.63, 3.8) is 0 Å². The first kappa shape index (κ1) is 18.5. The maximum atomic E-state index is 4.74. The highest BCUT2D eigenvalue weighted by Gasteiger charge is 2.36. The molecular formula is C22H31N5. The van der Waals surface area contributed by atoms with Crippen molar-refractivity contribution in [2.75, 3.05) is 19.6 Å². The van der Waals surface area contributed by atoms with Gasteiger partial charge in [-0.05, 0) is 43.5 Å². The van der Waals surface area contributed by atoms with E-state index in [1.54, 1.807) is 0 Å². The van der Waals surface area contributed by atoms with Crippen LogP contribution in [0.3, 0.4) is 0 Å². The van der Waals surface area contributed by atoms with Gasteiger partial charge in [-0.1, -0.05) is 44.2 Å². The summed E-state index contributed by atoms with van der Waals surface area (Å²) in [6.07, 6.45) is 4.39. The molecular weight excluding hydrogens is 334 g/mol. The van der Waals surface area contributed by atoms with Crippen LogP contribution >= 0.6 is 0 Å². The summed E-state index contributed by atoms with van der Waals surface area (Å²) in [6.45, 7) is 8.55. The summed E-state index contributed by atoms with van der Waals surface area (Å²) in [4.78, 5) is 11.7. The van der Waals surface area contributed by atoms with Gasteiger partial charge in [-0.2, -0.15) is 0 Å². The van der Waals surface area contributed by atoms with Crippen LogP contribution in [0.25, 0.3) is 0 Å². The third kappa shape index (κ3) is 4.37. The van der Waals surface area contributed by atoms with E-state index in [4.69, 9.17) is 4.98 Å². The quantitative estimate of drug-likeness (QED) is 0.853. The Balaban J connectivity index is 1.34. The molecule has 2 atom stereocenters. The molecule has 0 amide bonds. The van der Waals surface area contributed by atoms with Gasteiger partial charge in [0, 0.05) is 37.2 Å². The maximum Gasteiger partial charge on any atom is 0.131 e. The normalized spacial score (nSPS) is 24.6. The average Bonchev–Trinajstić information content (AvgIpc) is 3.19. The summed E-state index contributed by atoms with van der Waals surface area (Å²) in [7, 11) is 0. The van der Waals surface area contributed by atoms with Crippen LogP contribution in [0, 0.1) is 5.92 Å². The average molecular weight is 366 g/mol. The van der Waals surface area contributed by atoms with Gasteiger partial charge in [0.05, 0.1) is 5.69 Å². The molecule has 0 aliphatic carbocycles. The Morgan fingerprint density at radius 1 is 1.11 bits per heavy atom. The minimum atomic E-state index is 0.381. The molecule has 1 aromatic carbocycles. The number of nitrogens with one attached hydrogen (secondary N) is 2. The molecule has 2 fully saturated rings. The zero-order valence-electron chi connectivity index (χ0n) is 16.4. The number of rotatable bonds is 5. The first-order valence-electron chi connectivity index (χ1n) is 10.3. The van der Waals surface area contributed by atoms with Gasteiger partial charge in [-0.3, -0.25) is 15.8 Å². The Kier molecular flexibility index (Phi) is 5.81. The third-order valence-electron chi connectivity index (χ3n) is 6.03. The van der Waals surface area contributed by atoms with Gasteiger partial charge < -0.3 is 0 Å². The fourth-order valence-electron chi connectivity index (χ4n) is 4.46. The lowest BCUT2D eigenvalue weighted by atomic mass is 9.80. The molecule has 1 aromatic heterocycles. The summed E-state index contributed by atoms with van der Waals surface area (Å²) < 4.78 is 0. The first-order valence-corrected chi connectivity index (χ1v) is 10.3. The number of likely N-dealkylation sites (tertiary alicyclic amines) is 1. The minimum Gasteiger partial charge on any atom is -0.297 e. The Labute approximate surface area is 162 Å². The van der Waals surface area contributed by atoms with Gasteiger partial charge in [0.2, 0.25) is 0 Å². The first-order chi connectivity index (χ1) is 13.2. The van der Waals surface area contributed by atoms with Crippen LogP contribution in [0.1, 0.15) is 55.6 Å². The molecule has 3 heterocycles. The van der Waals surface area contributed by atoms with Gasteiger partial charge in [-0.25, -0.2) is 9.97 Å². The van der Waals surface area contributed by atoms with E-state index in [9.17, 15) is 0 Å². The number of hydrazine groups is 1. The summed E-state index contributed by atoms with van der Waals surface area (Å²) in [6, 6.07) is 13.5. The Hall–Kier alpha value is -1.82. The zero-order valence-corrected chi connectivity index (χ0v) is 16.4. The highest BCUT2D eigenvalue weighted by atomic mass is 15.4. The van der Waals surface area contributed by atoms with E-state index in [0.29, 0.717) is 17.9 Å². The van der Waals surface area contributed by atoms with E-state index >= 15 is 0 Å². The lowest BCUT2D eigenvalue weighted by Crippen LogP contribution is -2.44. The molecule has 2 aliphatic heterocycles. The SMILES string of the molecule is CC(C)c1nccc(CN2CCC(C3NNCC3c3ccccc3)CC2)n1. The molecule has 2 aliphatic rings. The van der Waals surface area contributed by atoms with Gasteiger partial charge >= 0.3 is 0 Å². The summed E-state index contributed by atoms with van der Waals surface area (Å²) in [5, 5.41) is 0. The van der Waals surface area contributed by atoms with Gasteiger partial charge in [0.15, 0.2) is 0 Å². The van der Waals surface area contributed by atoms with Crippen molar-refractivity contribution in [1.82, 2.24) is 25.7 Å². The van der Waals surface area contributed by atoms with Crippen LogP contribution in [0.15, 0.2) is 42.6 Å². The molecule has 0 spiro atoms. The molecule has 5 heteroatoms. The molecule has 2 aromatic rings. The lowest BCUT2D eigenvalue weighted by molar-refractivity contribution is 0.150. The number of hydrogen-bond donors (Lipinski definition) is 2. The van der Waals surface area contributed by atoms with E-state index in [0.717, 1.165) is 43.6 Å². The van der Waals surface area contributed by atoms with E-state index in [2.05, 4.69) is 71.0 Å². The number of piperidine rings is 1. The predicted molar refractivity (Wildman–Crippen MR) is 108 cm³/mol. The molecule has 2 unspecified atom stereocenters. The summed E-state index contributed by atoms with van der Waals surface area (Å²) in [5.41, 5.74) is 9.57. The molecule has 2 N–H and O–H groups in total. The van der Waals surface area contributed by atoms with E-state index in [-0.39, 0.29) is 0 Å². The number of hydrogen-bond acceptors (Lipinski definition) is 5. The van der Waals surface area contributed by atoms with Crippen LogP contribution in [-0.4, -0.2) is 40.5 Å². The molecule has 27 heavy (non-hydrogen) atoms. The second-order valence-electron chi connectivity index (χ2n) is 8.24. The molecule has 4 rings (SSSR count). The standard InChI is InChI=1S/C22H31N5/c1-16(2)22-23-11-8-19(25-22)15-27-12-9-18(10-13-27)21-20(14-24-26-21)17-6-4-3-5-7-17/h3-8,11,16,18,20-21,24,26H,9-10,12-15H2,1-2H3. The van der Waals surface area contributed by atoms with Crippen molar-refractivity contribution < 1.29 is 0 Å². The largest absolute Gasteiger partial charge is 0.297 e. The third-order valence-corrected chi connectivity index (χ3v) is 6.03. The monoisotopic (exact) mass is 365 g/mol. The highest BCUT2D eigenvalue weighted by Crippen LogP contribution is 2.32. The van der Waals surface area contributed by atoms with Crippen LogP contribution in [-0.2, 0) is 6.54 Å². The van der Waals surface area contributed by atoms with E-state index in [1.165, 1.54) is 18.4 Å². The zero-order chi connectivity index (χ0) is 18.6. The van der Waals surface area contributed by atoms with Crippen molar-refractivity contribution >= 4 is 0 Å². The van der Waals surface area contributed by atoms with Crippen molar-refractivity contribution in [3.8, 4) is 0 Å². The Morgan fingerprint density at radius 3 is 2.63 bits per heavy atom. The van der Waals surface area contributed by atoms with Crippen molar-refractivity contribution in [2.24, 2.45) is 5.92 Å². The minimum absolute atomic E-state index is 0.381. The maximum absolute atomic E-state index is 4.74. The molecule has 0 bridgehead atoms. The molecule has 5 nitrogen and oxygen atoms in total. The lowest BCUT2D eigenvalue weighted by Gasteiger charge is -2.36. The van der Waals surface area contributed by atoms with Crippen LogP contribution in [0.5, 0.6) is 0 Å². The van der Waals surface area contributed by atoms with Gasteiger partial charge in [0.1, 0.15) is 5.82 Å². The number of aromatic nitrogens is 2. The number of nitrogens with zero attached hydrogens (tertiary/aromatic N) is 3. The van der Waals surface area contributed by atoms with E-state index in [1.807, 2.05) is 6.20 Å². The fraction of sp³-hybridized carbons (Fsp3) is 0.545. The second kappa shape index (κ2) is 8.46. The Morgan fingerprint density at radius 2 is 1.89 bits per heavy atom. The topological polar surface area (TPSA) is 53.1 Å². The van der Waals surface area contributed by atoms with Crippen molar-refractivity contribution in [3.05, 3.63) is 59.7 Å². The van der Waals surface area contributed by atoms with Gasteiger partial charge in [0.25, 0.3) is 0 Å². The van der Waals surface area contributed by atoms with Crippen LogP contribution in [0.2, 0.25) is 0 Å². The van der Waals surface area contributed by atoms with Crippen LogP contribution < -0.4 is 10.9 Å². The van der Waals surface area contributed by atoms with Crippen molar-refractivity contribution in [2.45, 2.75) is 51.1 Å². The molecule has 2 saturated heterocycles. The smallest absolute Gasteiger partial charge is 0.131 e. The second-order valence-corrected chi connectivity index (χ2v) is 8.24. The predicted octanol–water partition coefficient (Wildman–Crippen LogP) is 3.07. The van der Waals surface area contributed by atoms with Crippen LogP contribution in [0.4, 0.5) is 0 Å². The Bertz CT molecular complexity index is 724. The fourth-order valence-corrected chi connectivity index (χ4v) is 4.46. The molecule has 144 valence electrons. The molecule has 0 radical (unpaired) electrons. The van der Waals surface area contributed by atoms with E-state index < -0.39 is 0 Å². The number of benzene rings is 1. The summed E-state index contributed by atoms with van der Waals surface area (Å²) >= 11 is 0. The van der Waals surface area contributed by atoms with Gasteiger partial charge in [-0.15, -0.1) is 0 Å². The molecule has 0 saturated carbocycles. The summed E-state index contributed by atoms with van der Waals surface area (Å²) in [5.74, 6) is 2.62. The highest BCUT2D eigenvalue weighted by molar-refractivity contribution is 5.23. The van der Waals surface area contributed by atoms with Crippen molar-refractivity contribution in [1.29, 1.82) is 0 Å².